The van der Waals surface area contributed by atoms with Gasteiger partial charge in [0.25, 0.3) is 0 Å². The van der Waals surface area contributed by atoms with E-state index in [1.807, 2.05) is 36.2 Å². The summed E-state index contributed by atoms with van der Waals surface area (Å²) >= 11 is 6.61. The fraction of sp³-hybridized carbons (Fsp3) is 0.452. The van der Waals surface area contributed by atoms with Crippen molar-refractivity contribution in [2.24, 2.45) is 7.05 Å². The predicted molar refractivity (Wildman–Crippen MR) is 156 cm³/mol. The summed E-state index contributed by atoms with van der Waals surface area (Å²) in [6, 6.07) is 3.88. The second kappa shape index (κ2) is 12.1. The third-order valence-corrected chi connectivity index (χ3v) is 8.44. The Morgan fingerprint density at radius 3 is 2.65 bits per heavy atom. The quantitative estimate of drug-likeness (QED) is 0.530. The number of halogens is 1. The van der Waals surface area contributed by atoms with E-state index in [-0.39, 0.29) is 18.2 Å². The summed E-state index contributed by atoms with van der Waals surface area (Å²) in [5.41, 5.74) is 2.26. The number of carbonyl (C=O) groups excluding carboxylic acids is 1. The van der Waals surface area contributed by atoms with Gasteiger partial charge in [-0.1, -0.05) is 30.3 Å². The number of aliphatic hydroxyl groups is 1. The van der Waals surface area contributed by atoms with Crippen LogP contribution in [-0.2, 0) is 17.4 Å². The standard InChI is InChI=1S/C31H38ClN5O3/c1-22-18-24(32)9-6-12-27(36-14-16-37(17-15-36)30(38)40-25-10-4-5-11-25)29-23(8-7-13-34-29)19-26(22)31(2,39)28-20-33-21-35(28)3/h6-9,13,18-21,25,27,39H,1,4-5,10-12,14-17H2,2-3H3/b9-6-,24-18+,26-19?/t27-,31+/m0/s1. The Hall–Kier alpha value is -3.20. The zero-order valence-corrected chi connectivity index (χ0v) is 24.1. The molecule has 1 aliphatic heterocycles. The van der Waals surface area contributed by atoms with Crippen molar-refractivity contribution >= 4 is 23.8 Å². The molecule has 2 aliphatic carbocycles. The van der Waals surface area contributed by atoms with Crippen LogP contribution < -0.4 is 0 Å². The highest BCUT2D eigenvalue weighted by molar-refractivity contribution is 6.31. The lowest BCUT2D eigenvalue weighted by atomic mass is 9.85. The van der Waals surface area contributed by atoms with Gasteiger partial charge in [0.05, 0.1) is 30.0 Å². The molecule has 5 rings (SSSR count). The Morgan fingerprint density at radius 2 is 1.95 bits per heavy atom. The molecule has 0 spiro atoms. The van der Waals surface area contributed by atoms with Crippen molar-refractivity contribution in [2.45, 2.75) is 56.8 Å². The van der Waals surface area contributed by atoms with Gasteiger partial charge in [-0.2, -0.15) is 0 Å². The number of hydrogen-bond donors (Lipinski definition) is 1. The van der Waals surface area contributed by atoms with Crippen molar-refractivity contribution in [1.82, 2.24) is 24.3 Å². The lowest BCUT2D eigenvalue weighted by Crippen LogP contribution is -2.50. The van der Waals surface area contributed by atoms with Crippen LogP contribution in [0.1, 0.15) is 62.0 Å². The normalized spacial score (nSPS) is 24.8. The van der Waals surface area contributed by atoms with Crippen molar-refractivity contribution < 1.29 is 14.6 Å². The van der Waals surface area contributed by atoms with Crippen molar-refractivity contribution in [3.05, 3.63) is 88.8 Å². The van der Waals surface area contributed by atoms with E-state index >= 15 is 0 Å². The first kappa shape index (κ1) is 28.3. The molecule has 8 nitrogen and oxygen atoms in total. The van der Waals surface area contributed by atoms with E-state index in [0.29, 0.717) is 54.5 Å². The summed E-state index contributed by atoms with van der Waals surface area (Å²) in [5.74, 6) is 0. The van der Waals surface area contributed by atoms with Gasteiger partial charge in [-0.15, -0.1) is 0 Å². The maximum Gasteiger partial charge on any atom is 0.410 e. The van der Waals surface area contributed by atoms with Crippen molar-refractivity contribution in [1.29, 1.82) is 0 Å². The number of fused-ring (bicyclic) bond motifs is 1. The van der Waals surface area contributed by atoms with Gasteiger partial charge in [0.1, 0.15) is 11.7 Å². The first-order valence-corrected chi connectivity index (χ1v) is 14.4. The van der Waals surface area contributed by atoms with Gasteiger partial charge in [-0.05, 0) is 80.0 Å². The number of imidazole rings is 1. The van der Waals surface area contributed by atoms with Crippen LogP contribution in [0.4, 0.5) is 4.79 Å². The maximum atomic E-state index is 12.8. The number of allylic oxidation sites excluding steroid dienone is 3. The molecule has 1 saturated carbocycles. The summed E-state index contributed by atoms with van der Waals surface area (Å²) in [4.78, 5) is 26.0. The monoisotopic (exact) mass is 563 g/mol. The van der Waals surface area contributed by atoms with Gasteiger partial charge in [-0.3, -0.25) is 9.88 Å². The molecular formula is C31H38ClN5O3. The first-order chi connectivity index (χ1) is 19.2. The molecule has 2 aromatic heterocycles. The molecule has 40 heavy (non-hydrogen) atoms. The van der Waals surface area contributed by atoms with Gasteiger partial charge in [0.2, 0.25) is 0 Å². The van der Waals surface area contributed by atoms with Gasteiger partial charge in [0.15, 0.2) is 0 Å². The molecule has 2 atom stereocenters. The average Bonchev–Trinajstić information content (AvgIpc) is 3.61. The molecule has 2 fully saturated rings. The minimum absolute atomic E-state index is 0.0459. The van der Waals surface area contributed by atoms with Crippen molar-refractivity contribution in [3.63, 3.8) is 0 Å². The van der Waals surface area contributed by atoms with Gasteiger partial charge < -0.3 is 19.3 Å². The van der Waals surface area contributed by atoms with E-state index in [9.17, 15) is 9.90 Å². The van der Waals surface area contributed by atoms with Crippen LogP contribution in [0.15, 0.2) is 71.8 Å². The van der Waals surface area contributed by atoms with Crippen LogP contribution in [0.3, 0.4) is 0 Å². The third kappa shape index (κ3) is 6.09. The van der Waals surface area contributed by atoms with E-state index in [1.54, 1.807) is 36.3 Å². The molecule has 212 valence electrons. The second-order valence-corrected chi connectivity index (χ2v) is 11.5. The molecule has 0 unspecified atom stereocenters. The topological polar surface area (TPSA) is 83.7 Å². The Bertz CT molecular complexity index is 1330. The molecule has 9 heteroatoms. The molecule has 0 radical (unpaired) electrons. The number of rotatable bonds is 4. The highest BCUT2D eigenvalue weighted by Crippen LogP contribution is 2.38. The fourth-order valence-electron chi connectivity index (χ4n) is 5.97. The van der Waals surface area contributed by atoms with E-state index < -0.39 is 5.60 Å². The summed E-state index contributed by atoms with van der Waals surface area (Å²) in [6.07, 6.45) is 17.5. The number of pyridine rings is 1. The Morgan fingerprint density at radius 1 is 1.20 bits per heavy atom. The summed E-state index contributed by atoms with van der Waals surface area (Å²) < 4.78 is 7.55. The largest absolute Gasteiger partial charge is 0.446 e. The molecule has 2 aromatic rings. The Kier molecular flexibility index (Phi) is 8.59. The second-order valence-electron chi connectivity index (χ2n) is 11.0. The van der Waals surface area contributed by atoms with Crippen molar-refractivity contribution in [2.75, 3.05) is 26.2 Å². The Labute approximate surface area is 241 Å². The molecule has 3 aliphatic rings. The number of carbonyl (C=O) groups is 1. The average molecular weight is 564 g/mol. The molecule has 1 amide bonds. The van der Waals surface area contributed by atoms with Crippen molar-refractivity contribution in [3.8, 4) is 0 Å². The molecule has 0 aromatic carbocycles. The van der Waals surface area contributed by atoms with Crippen LogP contribution in [0.25, 0.3) is 6.08 Å². The number of ether oxygens (including phenoxy) is 1. The zero-order chi connectivity index (χ0) is 28.3. The molecular weight excluding hydrogens is 526 g/mol. The van der Waals surface area contributed by atoms with Gasteiger partial charge in [0, 0.05) is 44.5 Å². The Balaban J connectivity index is 1.45. The maximum absolute atomic E-state index is 12.8. The first-order valence-electron chi connectivity index (χ1n) is 14.0. The number of amides is 1. The number of aromatic nitrogens is 3. The number of hydrogen-bond acceptors (Lipinski definition) is 6. The lowest BCUT2D eigenvalue weighted by Gasteiger charge is -2.39. The number of nitrogens with zero attached hydrogens (tertiary/aromatic N) is 5. The SMILES string of the molecule is C=C1/C=C(Cl)\C=C/C[C@H](N2CCN(C(=O)OC3CCCC3)CC2)c2ncccc2C=C1[C@@](C)(O)c1cncn1C. The van der Waals surface area contributed by atoms with Crippen LogP contribution in [0.2, 0.25) is 0 Å². The van der Waals surface area contributed by atoms with Gasteiger partial charge >= 0.3 is 6.09 Å². The van der Waals surface area contributed by atoms with Crippen LogP contribution in [-0.4, -0.2) is 67.8 Å². The number of piperazine rings is 1. The van der Waals surface area contributed by atoms with E-state index in [1.165, 1.54) is 0 Å². The minimum Gasteiger partial charge on any atom is -0.446 e. The molecule has 1 N–H and O–H groups in total. The summed E-state index contributed by atoms with van der Waals surface area (Å²) in [5, 5.41) is 12.4. The van der Waals surface area contributed by atoms with E-state index in [2.05, 4.69) is 22.5 Å². The highest BCUT2D eigenvalue weighted by atomic mass is 35.5. The third-order valence-electron chi connectivity index (χ3n) is 8.20. The minimum atomic E-state index is -1.39. The molecule has 1 saturated heterocycles. The lowest BCUT2D eigenvalue weighted by molar-refractivity contribution is 0.0401. The van der Waals surface area contributed by atoms with Crippen LogP contribution in [0, 0.1) is 0 Å². The summed E-state index contributed by atoms with van der Waals surface area (Å²) in [7, 11) is 1.85. The smallest absolute Gasteiger partial charge is 0.410 e. The zero-order valence-electron chi connectivity index (χ0n) is 23.3. The molecule has 3 heterocycles. The highest BCUT2D eigenvalue weighted by Gasteiger charge is 2.34. The van der Waals surface area contributed by atoms with Crippen LogP contribution in [0.5, 0.6) is 0 Å². The van der Waals surface area contributed by atoms with Crippen LogP contribution >= 0.6 is 11.6 Å². The predicted octanol–water partition coefficient (Wildman–Crippen LogP) is 5.48. The van der Waals surface area contributed by atoms with E-state index in [0.717, 1.165) is 36.9 Å². The van der Waals surface area contributed by atoms with E-state index in [4.69, 9.17) is 21.3 Å². The number of aryl methyl sites for hydroxylation is 1. The molecule has 0 bridgehead atoms. The fourth-order valence-corrected chi connectivity index (χ4v) is 6.19. The summed E-state index contributed by atoms with van der Waals surface area (Å²) in [6.45, 7) is 8.61. The van der Waals surface area contributed by atoms with Gasteiger partial charge in [-0.25, -0.2) is 9.78 Å².